The van der Waals surface area contributed by atoms with Crippen LogP contribution >= 0.6 is 23.1 Å². The number of rotatable bonds is 6. The molecule has 3 aromatic rings. The highest BCUT2D eigenvalue weighted by molar-refractivity contribution is 7.99. The van der Waals surface area contributed by atoms with Crippen LogP contribution in [0.4, 0.5) is 0 Å². The van der Waals surface area contributed by atoms with Gasteiger partial charge >= 0.3 is 0 Å². The number of Topliss-reactive ketones (excluding diaryl/α,β-unsaturated/α-hetero) is 1. The van der Waals surface area contributed by atoms with E-state index in [4.69, 9.17) is 0 Å². The molecular weight excluding hydrogens is 364 g/mol. The zero-order chi connectivity index (χ0) is 18.1. The number of fused-ring (bicyclic) bond motifs is 2. The maximum absolute atomic E-state index is 12.8. The highest BCUT2D eigenvalue weighted by Gasteiger charge is 2.22. The number of allylic oxidation sites excluding steroid dienone is 1. The summed E-state index contributed by atoms with van der Waals surface area (Å²) in [7, 11) is 0. The van der Waals surface area contributed by atoms with Crippen LogP contribution in [-0.4, -0.2) is 21.1 Å². The van der Waals surface area contributed by atoms with Gasteiger partial charge in [0, 0.05) is 22.5 Å². The van der Waals surface area contributed by atoms with Gasteiger partial charge in [-0.3, -0.25) is 9.59 Å². The number of aromatic nitrogens is 2. The quantitative estimate of drug-likeness (QED) is 0.366. The van der Waals surface area contributed by atoms with Gasteiger partial charge in [0.05, 0.1) is 5.75 Å². The fourth-order valence-electron chi connectivity index (χ4n) is 3.24. The van der Waals surface area contributed by atoms with Crippen LogP contribution in [0.1, 0.15) is 27.2 Å². The molecule has 0 spiro atoms. The van der Waals surface area contributed by atoms with Gasteiger partial charge in [-0.05, 0) is 19.3 Å². The Balaban J connectivity index is 1.69. The number of carbonyl (C=O) groups is 1. The molecule has 1 aromatic carbocycles. The molecule has 1 aliphatic carbocycles. The van der Waals surface area contributed by atoms with E-state index in [-0.39, 0.29) is 11.2 Å². The minimum absolute atomic E-state index is 0.0568. The second-order valence-electron chi connectivity index (χ2n) is 6.21. The molecule has 2 heterocycles. The van der Waals surface area contributed by atoms with Gasteiger partial charge in [-0.1, -0.05) is 48.2 Å². The van der Waals surface area contributed by atoms with Gasteiger partial charge in [-0.15, -0.1) is 17.9 Å². The van der Waals surface area contributed by atoms with E-state index in [9.17, 15) is 9.59 Å². The summed E-state index contributed by atoms with van der Waals surface area (Å²) in [4.78, 5) is 31.9. The number of benzene rings is 1. The Labute approximate surface area is 159 Å². The Morgan fingerprint density at radius 2 is 2.12 bits per heavy atom. The van der Waals surface area contributed by atoms with Crippen LogP contribution in [0.5, 0.6) is 0 Å². The zero-order valence-corrected chi connectivity index (χ0v) is 15.9. The SMILES string of the molecule is C=CCn1c(SCC(=O)c2ccccc2)nc2c(=O)c3c(sc21)CCC3. The Hall–Kier alpha value is -2.18. The number of hydrogen-bond acceptors (Lipinski definition) is 5. The first kappa shape index (κ1) is 17.2. The number of aryl methyl sites for hydroxylation is 1. The maximum atomic E-state index is 12.8. The minimum atomic E-state index is 0.0568. The third-order valence-corrected chi connectivity index (χ3v) is 6.78. The molecule has 6 heteroatoms. The van der Waals surface area contributed by atoms with Crippen molar-refractivity contribution < 1.29 is 4.79 Å². The van der Waals surface area contributed by atoms with Gasteiger partial charge in [-0.25, -0.2) is 4.98 Å². The molecule has 0 unspecified atom stereocenters. The van der Waals surface area contributed by atoms with Gasteiger partial charge in [-0.2, -0.15) is 0 Å². The Bertz CT molecular complexity index is 1050. The first-order valence-corrected chi connectivity index (χ1v) is 10.4. The average molecular weight is 383 g/mol. The molecule has 4 nitrogen and oxygen atoms in total. The fraction of sp³-hybridized carbons (Fsp3) is 0.250. The molecule has 0 saturated heterocycles. The van der Waals surface area contributed by atoms with E-state index < -0.39 is 0 Å². The van der Waals surface area contributed by atoms with Crippen LogP contribution in [0.3, 0.4) is 0 Å². The van der Waals surface area contributed by atoms with Crippen LogP contribution < -0.4 is 5.43 Å². The Morgan fingerprint density at radius 1 is 1.31 bits per heavy atom. The summed E-state index contributed by atoms with van der Waals surface area (Å²) >= 11 is 3.05. The summed E-state index contributed by atoms with van der Waals surface area (Å²) in [5.74, 6) is 0.351. The first-order valence-electron chi connectivity index (χ1n) is 8.56. The summed E-state index contributed by atoms with van der Waals surface area (Å²) in [6.45, 7) is 4.40. The molecule has 0 fully saturated rings. The first-order chi connectivity index (χ1) is 12.7. The predicted molar refractivity (Wildman–Crippen MR) is 108 cm³/mol. The lowest BCUT2D eigenvalue weighted by molar-refractivity contribution is 0.102. The van der Waals surface area contributed by atoms with Gasteiger partial charge in [0.25, 0.3) is 0 Å². The molecule has 4 rings (SSSR count). The van der Waals surface area contributed by atoms with Crippen molar-refractivity contribution in [1.82, 2.24) is 9.55 Å². The summed E-state index contributed by atoms with van der Waals surface area (Å²) < 4.78 is 2.01. The van der Waals surface area contributed by atoms with Crippen LogP contribution in [0.2, 0.25) is 0 Å². The van der Waals surface area contributed by atoms with Crippen molar-refractivity contribution in [3.05, 3.63) is 69.2 Å². The lowest BCUT2D eigenvalue weighted by atomic mass is 10.2. The average Bonchev–Trinajstić information content (AvgIpc) is 3.27. The van der Waals surface area contributed by atoms with Gasteiger partial charge in [0.2, 0.25) is 5.43 Å². The molecule has 26 heavy (non-hydrogen) atoms. The molecule has 2 aromatic heterocycles. The van der Waals surface area contributed by atoms with E-state index >= 15 is 0 Å². The molecular formula is C20H18N2O2S2. The second kappa shape index (κ2) is 7.21. The fourth-order valence-corrected chi connectivity index (χ4v) is 5.50. The molecule has 0 N–H and O–H groups in total. The molecule has 132 valence electrons. The smallest absolute Gasteiger partial charge is 0.211 e. The number of carbonyl (C=O) groups excluding carboxylic acids is 1. The third-order valence-electron chi connectivity index (χ3n) is 4.50. The zero-order valence-electron chi connectivity index (χ0n) is 14.2. The molecule has 0 amide bonds. The number of nitrogens with zero attached hydrogens (tertiary/aromatic N) is 2. The number of imidazole rings is 1. The molecule has 1 aliphatic rings. The number of thioether (sulfide) groups is 1. The van der Waals surface area contributed by atoms with Gasteiger partial charge in [0.15, 0.2) is 10.9 Å². The van der Waals surface area contributed by atoms with E-state index in [1.807, 2.05) is 34.9 Å². The van der Waals surface area contributed by atoms with E-state index in [0.717, 1.165) is 29.7 Å². The number of ketones is 1. The van der Waals surface area contributed by atoms with Gasteiger partial charge in [0.1, 0.15) is 10.3 Å². The molecule has 0 bridgehead atoms. The highest BCUT2D eigenvalue weighted by atomic mass is 32.2. The molecule has 0 radical (unpaired) electrons. The van der Waals surface area contributed by atoms with Crippen molar-refractivity contribution in [2.75, 3.05) is 5.75 Å². The van der Waals surface area contributed by atoms with Crippen molar-refractivity contribution in [2.24, 2.45) is 0 Å². The van der Waals surface area contributed by atoms with Crippen molar-refractivity contribution in [3.8, 4) is 0 Å². The van der Waals surface area contributed by atoms with Crippen molar-refractivity contribution in [2.45, 2.75) is 31.0 Å². The topological polar surface area (TPSA) is 52.0 Å². The standard InChI is InChI=1S/C20H18N2O2S2/c1-2-11-22-19-17(18(24)14-9-6-10-16(14)26-19)21-20(22)25-12-15(23)13-7-4-3-5-8-13/h2-5,7-8H,1,6,9-12H2. The van der Waals surface area contributed by atoms with Crippen LogP contribution in [0, 0.1) is 0 Å². The largest absolute Gasteiger partial charge is 0.307 e. The lowest BCUT2D eigenvalue weighted by Gasteiger charge is -2.06. The summed E-state index contributed by atoms with van der Waals surface area (Å²) in [6, 6.07) is 9.25. The summed E-state index contributed by atoms with van der Waals surface area (Å²) in [5, 5.41) is 0.709. The Kier molecular flexibility index (Phi) is 4.78. The molecule has 0 atom stereocenters. The predicted octanol–water partition coefficient (Wildman–Crippen LogP) is 4.11. The summed E-state index contributed by atoms with van der Waals surface area (Å²) in [5.41, 5.74) is 2.22. The van der Waals surface area contributed by atoms with Crippen LogP contribution in [0.25, 0.3) is 10.3 Å². The lowest BCUT2D eigenvalue weighted by Crippen LogP contribution is -2.07. The monoisotopic (exact) mass is 382 g/mol. The van der Waals surface area contributed by atoms with E-state index in [2.05, 4.69) is 11.6 Å². The van der Waals surface area contributed by atoms with Gasteiger partial charge < -0.3 is 4.57 Å². The van der Waals surface area contributed by atoms with E-state index in [0.29, 0.717) is 28.5 Å². The second-order valence-corrected chi connectivity index (χ2v) is 8.24. The Morgan fingerprint density at radius 3 is 2.88 bits per heavy atom. The van der Waals surface area contributed by atoms with Crippen molar-refractivity contribution >= 4 is 39.2 Å². The number of hydrogen-bond donors (Lipinski definition) is 0. The minimum Gasteiger partial charge on any atom is -0.307 e. The van der Waals surface area contributed by atoms with E-state index in [1.54, 1.807) is 17.4 Å². The molecule has 0 aliphatic heterocycles. The van der Waals surface area contributed by atoms with Crippen LogP contribution in [0.15, 0.2) is 52.9 Å². The summed E-state index contributed by atoms with van der Waals surface area (Å²) in [6.07, 6.45) is 4.67. The third kappa shape index (κ3) is 3.04. The van der Waals surface area contributed by atoms with Crippen molar-refractivity contribution in [3.63, 3.8) is 0 Å². The van der Waals surface area contributed by atoms with Crippen LogP contribution in [-0.2, 0) is 19.4 Å². The highest BCUT2D eigenvalue weighted by Crippen LogP contribution is 2.32. The maximum Gasteiger partial charge on any atom is 0.211 e. The van der Waals surface area contributed by atoms with Crippen molar-refractivity contribution in [1.29, 1.82) is 0 Å². The molecule has 0 saturated carbocycles. The van der Waals surface area contributed by atoms with E-state index in [1.165, 1.54) is 16.6 Å². The normalized spacial score (nSPS) is 13.1.